The van der Waals surface area contributed by atoms with Crippen molar-refractivity contribution in [1.82, 2.24) is 5.32 Å². The SMILES string of the molecule is CCCC(CNCC(C)C)Oc1ccc(CCOC)cc1. The Labute approximate surface area is 130 Å². The van der Waals surface area contributed by atoms with Gasteiger partial charge in [-0.15, -0.1) is 0 Å². The molecular weight excluding hydrogens is 262 g/mol. The quantitative estimate of drug-likeness (QED) is 0.675. The Morgan fingerprint density at radius 2 is 1.81 bits per heavy atom. The van der Waals surface area contributed by atoms with E-state index in [1.165, 1.54) is 5.56 Å². The van der Waals surface area contributed by atoms with Crippen molar-refractivity contribution in [3.63, 3.8) is 0 Å². The van der Waals surface area contributed by atoms with Gasteiger partial charge in [-0.2, -0.15) is 0 Å². The summed E-state index contributed by atoms with van der Waals surface area (Å²) in [4.78, 5) is 0. The third-order valence-corrected chi connectivity index (χ3v) is 3.36. The van der Waals surface area contributed by atoms with E-state index < -0.39 is 0 Å². The normalized spacial score (nSPS) is 12.6. The molecule has 0 bridgehead atoms. The highest BCUT2D eigenvalue weighted by Crippen LogP contribution is 2.16. The number of hydrogen-bond acceptors (Lipinski definition) is 3. The van der Waals surface area contributed by atoms with Crippen molar-refractivity contribution in [3.05, 3.63) is 29.8 Å². The standard InChI is InChI=1S/C18H31NO2/c1-5-6-18(14-19-13-15(2)3)21-17-9-7-16(8-10-17)11-12-20-4/h7-10,15,18-19H,5-6,11-14H2,1-4H3. The van der Waals surface area contributed by atoms with Crippen LogP contribution in [-0.2, 0) is 11.2 Å². The number of ether oxygens (including phenoxy) is 2. The first-order chi connectivity index (χ1) is 10.2. The highest BCUT2D eigenvalue weighted by atomic mass is 16.5. The van der Waals surface area contributed by atoms with Crippen molar-refractivity contribution in [2.45, 2.75) is 46.1 Å². The lowest BCUT2D eigenvalue weighted by Gasteiger charge is -2.20. The number of hydrogen-bond donors (Lipinski definition) is 1. The lowest BCUT2D eigenvalue weighted by molar-refractivity contribution is 0.185. The third-order valence-electron chi connectivity index (χ3n) is 3.36. The van der Waals surface area contributed by atoms with Gasteiger partial charge >= 0.3 is 0 Å². The summed E-state index contributed by atoms with van der Waals surface area (Å²) in [5, 5.41) is 3.49. The van der Waals surface area contributed by atoms with Gasteiger partial charge in [0.15, 0.2) is 0 Å². The average Bonchev–Trinajstić information content (AvgIpc) is 2.46. The van der Waals surface area contributed by atoms with Crippen LogP contribution in [0.5, 0.6) is 5.75 Å². The molecule has 3 heteroatoms. The molecule has 0 radical (unpaired) electrons. The minimum Gasteiger partial charge on any atom is -0.489 e. The minimum atomic E-state index is 0.249. The van der Waals surface area contributed by atoms with Crippen molar-refractivity contribution in [1.29, 1.82) is 0 Å². The van der Waals surface area contributed by atoms with Crippen LogP contribution in [0.2, 0.25) is 0 Å². The smallest absolute Gasteiger partial charge is 0.119 e. The van der Waals surface area contributed by atoms with Gasteiger partial charge in [-0.25, -0.2) is 0 Å². The van der Waals surface area contributed by atoms with E-state index in [2.05, 4.69) is 50.4 Å². The Kier molecular flexibility index (Phi) is 9.11. The van der Waals surface area contributed by atoms with Crippen LogP contribution in [0.25, 0.3) is 0 Å². The van der Waals surface area contributed by atoms with Crippen molar-refractivity contribution in [3.8, 4) is 5.75 Å². The van der Waals surface area contributed by atoms with Crippen LogP contribution in [0.15, 0.2) is 24.3 Å². The topological polar surface area (TPSA) is 30.5 Å². The van der Waals surface area contributed by atoms with Gasteiger partial charge in [0.25, 0.3) is 0 Å². The Balaban J connectivity index is 2.45. The summed E-state index contributed by atoms with van der Waals surface area (Å²) in [6.45, 7) is 9.37. The van der Waals surface area contributed by atoms with Crippen molar-refractivity contribution in [2.24, 2.45) is 5.92 Å². The van der Waals surface area contributed by atoms with Crippen LogP contribution in [0.1, 0.15) is 39.2 Å². The summed E-state index contributed by atoms with van der Waals surface area (Å²) in [5.74, 6) is 1.63. The molecule has 0 fully saturated rings. The van der Waals surface area contributed by atoms with Crippen molar-refractivity contribution < 1.29 is 9.47 Å². The van der Waals surface area contributed by atoms with E-state index in [1.807, 2.05) is 0 Å². The fourth-order valence-corrected chi connectivity index (χ4v) is 2.20. The maximum Gasteiger partial charge on any atom is 0.119 e. The molecule has 0 amide bonds. The van der Waals surface area contributed by atoms with Gasteiger partial charge in [-0.05, 0) is 43.0 Å². The first-order valence-electron chi connectivity index (χ1n) is 8.11. The molecule has 21 heavy (non-hydrogen) atoms. The summed E-state index contributed by atoms with van der Waals surface area (Å²) in [6, 6.07) is 8.38. The van der Waals surface area contributed by atoms with Gasteiger partial charge in [0.1, 0.15) is 11.9 Å². The molecule has 1 rings (SSSR count). The molecule has 0 saturated heterocycles. The molecule has 1 atom stereocenters. The predicted molar refractivity (Wildman–Crippen MR) is 89.1 cm³/mol. The van der Waals surface area contributed by atoms with Crippen LogP contribution in [-0.4, -0.2) is 32.9 Å². The zero-order valence-electron chi connectivity index (χ0n) is 14.0. The maximum atomic E-state index is 6.10. The molecule has 0 aliphatic rings. The van der Waals surface area contributed by atoms with Gasteiger partial charge in [0.05, 0.1) is 6.61 Å². The monoisotopic (exact) mass is 293 g/mol. The van der Waals surface area contributed by atoms with Crippen molar-refractivity contribution >= 4 is 0 Å². The lowest BCUT2D eigenvalue weighted by atomic mass is 10.1. The van der Waals surface area contributed by atoms with Crippen LogP contribution in [0.3, 0.4) is 0 Å². The number of nitrogens with one attached hydrogen (secondary N) is 1. The molecule has 0 heterocycles. The fraction of sp³-hybridized carbons (Fsp3) is 0.667. The minimum absolute atomic E-state index is 0.249. The fourth-order valence-electron chi connectivity index (χ4n) is 2.20. The van der Waals surface area contributed by atoms with E-state index in [9.17, 15) is 0 Å². The van der Waals surface area contributed by atoms with Crippen LogP contribution in [0, 0.1) is 5.92 Å². The highest BCUT2D eigenvalue weighted by Gasteiger charge is 2.09. The summed E-state index contributed by atoms with van der Waals surface area (Å²) in [6.07, 6.45) is 3.42. The number of methoxy groups -OCH3 is 1. The zero-order valence-corrected chi connectivity index (χ0v) is 14.0. The van der Waals surface area contributed by atoms with Crippen LogP contribution < -0.4 is 10.1 Å². The largest absolute Gasteiger partial charge is 0.489 e. The van der Waals surface area contributed by atoms with Gasteiger partial charge in [-0.1, -0.05) is 39.3 Å². The van der Waals surface area contributed by atoms with E-state index in [4.69, 9.17) is 9.47 Å². The summed E-state index contributed by atoms with van der Waals surface area (Å²) >= 11 is 0. The summed E-state index contributed by atoms with van der Waals surface area (Å²) < 4.78 is 11.2. The second-order valence-electron chi connectivity index (χ2n) is 5.97. The lowest BCUT2D eigenvalue weighted by Crippen LogP contribution is -2.33. The molecule has 1 aromatic rings. The molecule has 0 spiro atoms. The predicted octanol–water partition coefficient (Wildman–Crippen LogP) is 3.67. The second kappa shape index (κ2) is 10.6. The molecule has 0 aliphatic carbocycles. The van der Waals surface area contributed by atoms with E-state index in [0.29, 0.717) is 5.92 Å². The first kappa shape index (κ1) is 18.0. The van der Waals surface area contributed by atoms with Crippen LogP contribution in [0.4, 0.5) is 0 Å². The Morgan fingerprint density at radius 3 is 2.38 bits per heavy atom. The average molecular weight is 293 g/mol. The molecule has 1 unspecified atom stereocenters. The summed E-state index contributed by atoms with van der Waals surface area (Å²) in [5.41, 5.74) is 1.29. The molecule has 3 nitrogen and oxygen atoms in total. The highest BCUT2D eigenvalue weighted by molar-refractivity contribution is 5.27. The summed E-state index contributed by atoms with van der Waals surface area (Å²) in [7, 11) is 1.73. The van der Waals surface area contributed by atoms with Crippen LogP contribution >= 0.6 is 0 Å². The second-order valence-corrected chi connectivity index (χ2v) is 5.97. The molecule has 1 aromatic carbocycles. The molecule has 0 saturated carbocycles. The van der Waals surface area contributed by atoms with Gasteiger partial charge in [-0.3, -0.25) is 0 Å². The van der Waals surface area contributed by atoms with E-state index in [0.717, 1.165) is 44.7 Å². The third kappa shape index (κ3) is 8.08. The number of rotatable bonds is 11. The molecule has 120 valence electrons. The first-order valence-corrected chi connectivity index (χ1v) is 8.11. The van der Waals surface area contributed by atoms with Gasteiger partial charge < -0.3 is 14.8 Å². The Hall–Kier alpha value is -1.06. The zero-order chi connectivity index (χ0) is 15.5. The van der Waals surface area contributed by atoms with Gasteiger partial charge in [0, 0.05) is 13.7 Å². The Morgan fingerprint density at radius 1 is 1.10 bits per heavy atom. The maximum absolute atomic E-state index is 6.10. The molecular formula is C18H31NO2. The van der Waals surface area contributed by atoms with E-state index in [1.54, 1.807) is 7.11 Å². The molecule has 1 N–H and O–H groups in total. The Bertz CT molecular complexity index is 362. The number of benzene rings is 1. The van der Waals surface area contributed by atoms with Gasteiger partial charge in [0.2, 0.25) is 0 Å². The van der Waals surface area contributed by atoms with Crippen molar-refractivity contribution in [2.75, 3.05) is 26.8 Å². The molecule has 0 aromatic heterocycles. The van der Waals surface area contributed by atoms with E-state index in [-0.39, 0.29) is 6.10 Å². The molecule has 0 aliphatic heterocycles. The van der Waals surface area contributed by atoms with E-state index >= 15 is 0 Å².